The number of anilines is 1. The van der Waals surface area contributed by atoms with Gasteiger partial charge >= 0.3 is 239 Å². The molecule has 4 rings (SSSR count). The summed E-state index contributed by atoms with van der Waals surface area (Å²) in [5.74, 6) is 0.946. The first-order valence-electron chi connectivity index (χ1n) is 13.9. The molecule has 0 unspecified atom stereocenters. The van der Waals surface area contributed by atoms with Gasteiger partial charge in [-0.05, 0) is 0 Å². The summed E-state index contributed by atoms with van der Waals surface area (Å²) in [7, 11) is 0. The zero-order valence-corrected chi connectivity index (χ0v) is 27.0. The normalized spacial score (nSPS) is 11.5. The summed E-state index contributed by atoms with van der Waals surface area (Å²) in [6.07, 6.45) is 0. The average molecular weight is 562 g/mol. The van der Waals surface area contributed by atoms with Crippen LogP contribution in [0.25, 0.3) is 22.3 Å². The summed E-state index contributed by atoms with van der Waals surface area (Å²) in [4.78, 5) is 0. The molecule has 0 saturated carbocycles. The van der Waals surface area contributed by atoms with Gasteiger partial charge in [-0.25, -0.2) is 0 Å². The molecule has 196 valence electrons. The Bertz CT molecular complexity index is 1330. The maximum absolute atomic E-state index is 4.11. The summed E-state index contributed by atoms with van der Waals surface area (Å²) in [5.41, 5.74) is 17.8. The number of hydrogen-bond donors (Lipinski definition) is 1. The van der Waals surface area contributed by atoms with E-state index in [4.69, 9.17) is 0 Å². The minimum atomic E-state index is -0.728. The molecule has 38 heavy (non-hydrogen) atoms. The van der Waals surface area contributed by atoms with Crippen molar-refractivity contribution in [1.82, 2.24) is 0 Å². The average Bonchev–Trinajstić information content (AvgIpc) is 2.82. The van der Waals surface area contributed by atoms with E-state index < -0.39 is 15.7 Å². The van der Waals surface area contributed by atoms with Crippen LogP contribution in [-0.2, 0) is 0 Å². The van der Waals surface area contributed by atoms with Crippen LogP contribution in [0.5, 0.6) is 0 Å². The molecule has 0 spiro atoms. The zero-order valence-electron chi connectivity index (χ0n) is 24.9. The third-order valence-corrected chi connectivity index (χ3v) is 10.1. The summed E-state index contributed by atoms with van der Waals surface area (Å²) >= 11 is -0.728. The van der Waals surface area contributed by atoms with Crippen molar-refractivity contribution in [2.75, 3.05) is 4.27 Å². The summed E-state index contributed by atoms with van der Waals surface area (Å²) in [6.45, 7) is 22.7. The fraction of sp³-hybridized carbons (Fsp3) is 0.333. The molecular formula is C36H43GeN. The molecule has 0 amide bonds. The van der Waals surface area contributed by atoms with Gasteiger partial charge in [0.05, 0.1) is 0 Å². The molecule has 0 aromatic heterocycles. The molecule has 2 radical (unpaired) electrons. The van der Waals surface area contributed by atoms with Crippen molar-refractivity contribution >= 4 is 25.7 Å². The van der Waals surface area contributed by atoms with E-state index in [-0.39, 0.29) is 0 Å². The number of para-hydroxylation sites is 1. The topological polar surface area (TPSA) is 12.0 Å². The van der Waals surface area contributed by atoms with Crippen LogP contribution in [0.2, 0.25) is 0 Å². The molecule has 0 aliphatic heterocycles. The molecule has 4 aromatic carbocycles. The van der Waals surface area contributed by atoms with Crippen molar-refractivity contribution in [3.05, 3.63) is 105 Å². The van der Waals surface area contributed by atoms with Crippen LogP contribution in [0, 0.1) is 41.5 Å². The fourth-order valence-corrected chi connectivity index (χ4v) is 8.70. The molecule has 0 bridgehead atoms. The van der Waals surface area contributed by atoms with Crippen molar-refractivity contribution in [3.63, 3.8) is 0 Å². The molecule has 0 atom stereocenters. The molecule has 0 saturated heterocycles. The number of hydrogen-bond acceptors (Lipinski definition) is 1. The Morgan fingerprint density at radius 1 is 0.553 bits per heavy atom. The SMILES string of the molecule is Cc1cc(C)c(-c2cccc(-c3c(C)cc(C)cc3C)[c]2[Ge][NH]c2c(C(C)C)cccc2C(C)C)c(C)c1. The van der Waals surface area contributed by atoms with E-state index in [1.165, 1.54) is 76.8 Å². The van der Waals surface area contributed by atoms with Crippen molar-refractivity contribution in [1.29, 1.82) is 0 Å². The molecule has 1 N–H and O–H groups in total. The van der Waals surface area contributed by atoms with Crippen LogP contribution < -0.4 is 8.67 Å². The van der Waals surface area contributed by atoms with Crippen LogP contribution in [-0.4, -0.2) is 15.7 Å². The van der Waals surface area contributed by atoms with Gasteiger partial charge in [0.1, 0.15) is 0 Å². The van der Waals surface area contributed by atoms with Gasteiger partial charge in [-0.3, -0.25) is 0 Å². The van der Waals surface area contributed by atoms with Crippen molar-refractivity contribution in [3.8, 4) is 22.3 Å². The maximum atomic E-state index is 4.11. The first kappa shape index (κ1) is 28.2. The second-order valence-electron chi connectivity index (χ2n) is 11.6. The van der Waals surface area contributed by atoms with E-state index in [0.717, 1.165) is 0 Å². The Hall–Kier alpha value is -2.78. The molecule has 0 fully saturated rings. The Morgan fingerprint density at radius 2 is 0.921 bits per heavy atom. The summed E-state index contributed by atoms with van der Waals surface area (Å²) in [5, 5.41) is 0. The molecule has 1 nitrogen and oxygen atoms in total. The second kappa shape index (κ2) is 11.5. The molecule has 0 aliphatic rings. The second-order valence-corrected chi connectivity index (χ2v) is 13.7. The molecule has 4 aromatic rings. The predicted molar refractivity (Wildman–Crippen MR) is 169 cm³/mol. The van der Waals surface area contributed by atoms with Gasteiger partial charge in [-0.15, -0.1) is 0 Å². The summed E-state index contributed by atoms with van der Waals surface area (Å²) < 4.78 is 5.60. The first-order chi connectivity index (χ1) is 18.0. The monoisotopic (exact) mass is 563 g/mol. The quantitative estimate of drug-likeness (QED) is 0.221. The van der Waals surface area contributed by atoms with Gasteiger partial charge in [-0.2, -0.15) is 0 Å². The van der Waals surface area contributed by atoms with Gasteiger partial charge in [0.25, 0.3) is 0 Å². The number of benzene rings is 4. The van der Waals surface area contributed by atoms with E-state index in [1.807, 2.05) is 0 Å². The standard InChI is InChI=1S/C36H43GeN/c1-21(2)29-13-11-14-30(22(3)4)36(29)38-37-35-31(33-25(7)17-23(5)18-26(33)8)15-12-16-32(35)34-27(9)19-24(6)20-28(34)10/h11-22,38H,1-10H3. The molecule has 0 aliphatic carbocycles. The van der Waals surface area contributed by atoms with E-state index in [2.05, 4.69) is 134 Å². The van der Waals surface area contributed by atoms with Gasteiger partial charge in [0.2, 0.25) is 0 Å². The van der Waals surface area contributed by atoms with Gasteiger partial charge in [0.15, 0.2) is 0 Å². The molecule has 0 heterocycles. The van der Waals surface area contributed by atoms with Gasteiger partial charge in [0, 0.05) is 0 Å². The Balaban J connectivity index is 1.97. The number of nitrogens with one attached hydrogen (secondary N) is 1. The molecule has 2 heteroatoms. The third-order valence-electron chi connectivity index (χ3n) is 7.64. The van der Waals surface area contributed by atoms with Crippen molar-refractivity contribution in [2.24, 2.45) is 0 Å². The van der Waals surface area contributed by atoms with E-state index >= 15 is 0 Å². The van der Waals surface area contributed by atoms with Gasteiger partial charge in [-0.1, -0.05) is 0 Å². The van der Waals surface area contributed by atoms with Crippen molar-refractivity contribution in [2.45, 2.75) is 81.1 Å². The first-order valence-corrected chi connectivity index (χ1v) is 16.0. The number of aryl methyl sites for hydroxylation is 6. The van der Waals surface area contributed by atoms with E-state index in [0.29, 0.717) is 11.8 Å². The van der Waals surface area contributed by atoms with Gasteiger partial charge < -0.3 is 0 Å². The number of rotatable bonds is 7. The fourth-order valence-electron chi connectivity index (χ4n) is 6.13. The van der Waals surface area contributed by atoms with Crippen LogP contribution >= 0.6 is 0 Å². The Kier molecular flexibility index (Phi) is 8.57. The van der Waals surface area contributed by atoms with Crippen LogP contribution in [0.3, 0.4) is 0 Å². The minimum absolute atomic E-state index is 0.473. The Morgan fingerprint density at radius 3 is 1.29 bits per heavy atom. The summed E-state index contributed by atoms with van der Waals surface area (Å²) in [6, 6.07) is 23.1. The zero-order chi connectivity index (χ0) is 27.7. The van der Waals surface area contributed by atoms with Crippen molar-refractivity contribution < 1.29 is 0 Å². The third kappa shape index (κ3) is 5.64. The van der Waals surface area contributed by atoms with E-state index in [9.17, 15) is 0 Å². The van der Waals surface area contributed by atoms with Crippen LogP contribution in [0.4, 0.5) is 5.69 Å². The van der Waals surface area contributed by atoms with Crippen LogP contribution in [0.1, 0.15) is 84.0 Å². The predicted octanol–water partition coefficient (Wildman–Crippen LogP) is 9.47. The van der Waals surface area contributed by atoms with Crippen LogP contribution in [0.15, 0.2) is 60.7 Å². The molecular weight excluding hydrogens is 519 g/mol. The Labute approximate surface area is 237 Å². The van der Waals surface area contributed by atoms with E-state index in [1.54, 1.807) is 0 Å².